The van der Waals surface area contributed by atoms with Gasteiger partial charge in [0.2, 0.25) is 10.0 Å². The van der Waals surface area contributed by atoms with E-state index < -0.39 is 34.5 Å². The Kier molecular flexibility index (Phi) is 6.50. The summed E-state index contributed by atoms with van der Waals surface area (Å²) in [5, 5.41) is 11.8. The molecule has 9 heteroatoms. The van der Waals surface area contributed by atoms with Crippen molar-refractivity contribution in [3.63, 3.8) is 0 Å². The number of hydrogen-bond acceptors (Lipinski definition) is 6. The zero-order chi connectivity index (χ0) is 20.9. The molecule has 0 spiro atoms. The molecule has 2 N–H and O–H groups in total. The van der Waals surface area contributed by atoms with Crippen LogP contribution in [0.5, 0.6) is 5.75 Å². The average Bonchev–Trinajstić information content (AvgIpc) is 2.74. The number of benzene rings is 2. The van der Waals surface area contributed by atoms with E-state index in [1.54, 1.807) is 18.2 Å². The molecule has 2 aromatic carbocycles. The fraction of sp³-hybridized carbons (Fsp3) is 0.300. The number of carbonyl (C=O) groups is 2. The first kappa shape index (κ1) is 20.8. The van der Waals surface area contributed by atoms with Gasteiger partial charge in [0.25, 0.3) is 5.91 Å². The van der Waals surface area contributed by atoms with Crippen molar-refractivity contribution in [3.8, 4) is 5.75 Å². The van der Waals surface area contributed by atoms with Crippen LogP contribution in [0.15, 0.2) is 59.5 Å². The number of nitrogens with zero attached hydrogens (tertiary/aromatic N) is 1. The highest BCUT2D eigenvalue weighted by atomic mass is 32.2. The number of phenols is 1. The third-order valence-corrected chi connectivity index (χ3v) is 6.49. The molecule has 1 aliphatic rings. The summed E-state index contributed by atoms with van der Waals surface area (Å²) in [6, 6.07) is 12.8. The van der Waals surface area contributed by atoms with Gasteiger partial charge in [-0.25, -0.2) is 8.42 Å². The van der Waals surface area contributed by atoms with Crippen LogP contribution in [0.25, 0.3) is 0 Å². The maximum Gasteiger partial charge on any atom is 0.324 e. The molecule has 1 aliphatic heterocycles. The number of hydrogen-bond donors (Lipinski definition) is 2. The SMILES string of the molecule is O=C(COC(=O)C1CCCCN1S(=O)(=O)c1ccccc1)Nc1ccc(O)cc1. The number of phenolic OH excluding ortho intramolecular Hbond substituents is 1. The highest BCUT2D eigenvalue weighted by molar-refractivity contribution is 7.89. The number of amides is 1. The monoisotopic (exact) mass is 418 g/mol. The van der Waals surface area contributed by atoms with Gasteiger partial charge in [0.15, 0.2) is 6.61 Å². The lowest BCUT2D eigenvalue weighted by Gasteiger charge is -2.32. The summed E-state index contributed by atoms with van der Waals surface area (Å²) >= 11 is 0. The normalized spacial score (nSPS) is 17.4. The molecule has 1 saturated heterocycles. The van der Waals surface area contributed by atoms with Crippen LogP contribution in [0.2, 0.25) is 0 Å². The molecular weight excluding hydrogens is 396 g/mol. The third-order valence-electron chi connectivity index (χ3n) is 4.57. The van der Waals surface area contributed by atoms with E-state index in [1.807, 2.05) is 0 Å². The van der Waals surface area contributed by atoms with Crippen LogP contribution < -0.4 is 5.32 Å². The second-order valence-corrected chi connectivity index (χ2v) is 8.53. The van der Waals surface area contributed by atoms with Gasteiger partial charge in [0.05, 0.1) is 4.90 Å². The fourth-order valence-electron chi connectivity index (χ4n) is 3.13. The molecule has 0 saturated carbocycles. The van der Waals surface area contributed by atoms with E-state index in [1.165, 1.54) is 36.4 Å². The second-order valence-electron chi connectivity index (χ2n) is 6.64. The van der Waals surface area contributed by atoms with Crippen LogP contribution >= 0.6 is 0 Å². The van der Waals surface area contributed by atoms with Crippen LogP contribution in [0.3, 0.4) is 0 Å². The van der Waals surface area contributed by atoms with E-state index in [9.17, 15) is 23.1 Å². The molecule has 1 unspecified atom stereocenters. The molecule has 0 radical (unpaired) electrons. The van der Waals surface area contributed by atoms with E-state index in [0.29, 0.717) is 24.9 Å². The van der Waals surface area contributed by atoms with Crippen LogP contribution in [0.4, 0.5) is 5.69 Å². The van der Waals surface area contributed by atoms with Gasteiger partial charge in [-0.3, -0.25) is 9.59 Å². The van der Waals surface area contributed by atoms with Gasteiger partial charge in [0.1, 0.15) is 11.8 Å². The van der Waals surface area contributed by atoms with Crippen molar-refractivity contribution in [3.05, 3.63) is 54.6 Å². The summed E-state index contributed by atoms with van der Waals surface area (Å²) in [6.45, 7) is -0.313. The van der Waals surface area contributed by atoms with Crippen LogP contribution in [-0.2, 0) is 24.3 Å². The first-order valence-electron chi connectivity index (χ1n) is 9.20. The van der Waals surface area contributed by atoms with E-state index in [0.717, 1.165) is 4.31 Å². The van der Waals surface area contributed by atoms with Crippen molar-refractivity contribution in [2.45, 2.75) is 30.2 Å². The van der Waals surface area contributed by atoms with Gasteiger partial charge < -0.3 is 15.2 Å². The zero-order valence-corrected chi connectivity index (χ0v) is 16.5. The number of esters is 1. The molecule has 8 nitrogen and oxygen atoms in total. The van der Waals surface area contributed by atoms with Crippen molar-refractivity contribution in [2.75, 3.05) is 18.5 Å². The van der Waals surface area contributed by atoms with E-state index in [-0.39, 0.29) is 17.2 Å². The molecule has 0 bridgehead atoms. The fourth-order valence-corrected chi connectivity index (χ4v) is 4.80. The molecule has 154 valence electrons. The highest BCUT2D eigenvalue weighted by Crippen LogP contribution is 2.26. The van der Waals surface area contributed by atoms with Crippen LogP contribution in [0, 0.1) is 0 Å². The summed E-state index contributed by atoms with van der Waals surface area (Å²) in [7, 11) is -3.84. The number of sulfonamides is 1. The van der Waals surface area contributed by atoms with Crippen molar-refractivity contribution in [1.29, 1.82) is 0 Å². The Morgan fingerprint density at radius 1 is 1.07 bits per heavy atom. The smallest absolute Gasteiger partial charge is 0.324 e. The molecule has 1 fully saturated rings. The van der Waals surface area contributed by atoms with Gasteiger partial charge >= 0.3 is 5.97 Å². The maximum absolute atomic E-state index is 12.9. The largest absolute Gasteiger partial charge is 0.508 e. The van der Waals surface area contributed by atoms with E-state index >= 15 is 0 Å². The molecule has 2 aromatic rings. The van der Waals surface area contributed by atoms with Gasteiger partial charge in [-0.1, -0.05) is 18.2 Å². The summed E-state index contributed by atoms with van der Waals surface area (Å²) in [4.78, 5) is 24.7. The predicted molar refractivity (Wildman–Crippen MR) is 106 cm³/mol. The van der Waals surface area contributed by atoms with E-state index in [2.05, 4.69) is 5.32 Å². The second kappa shape index (κ2) is 9.06. The first-order valence-corrected chi connectivity index (χ1v) is 10.6. The third kappa shape index (κ3) is 5.12. The van der Waals surface area contributed by atoms with Crippen molar-refractivity contribution >= 4 is 27.6 Å². The molecule has 1 heterocycles. The highest BCUT2D eigenvalue weighted by Gasteiger charge is 2.38. The molecule has 0 aromatic heterocycles. The topological polar surface area (TPSA) is 113 Å². The predicted octanol–water partition coefficient (Wildman–Crippen LogP) is 2.12. The van der Waals surface area contributed by atoms with Crippen LogP contribution in [0.1, 0.15) is 19.3 Å². The molecule has 1 atom stereocenters. The number of anilines is 1. The summed E-state index contributed by atoms with van der Waals surface area (Å²) in [6.07, 6.45) is 1.68. The summed E-state index contributed by atoms with van der Waals surface area (Å²) < 4.78 is 32.1. The molecule has 3 rings (SSSR count). The Bertz CT molecular complexity index is 960. The Balaban J connectivity index is 1.63. The molecule has 1 amide bonds. The van der Waals surface area contributed by atoms with Gasteiger partial charge in [-0.05, 0) is 55.7 Å². The molecular formula is C20H22N2O6S. The zero-order valence-electron chi connectivity index (χ0n) is 15.7. The minimum atomic E-state index is -3.84. The number of ether oxygens (including phenoxy) is 1. The number of aromatic hydroxyl groups is 1. The minimum absolute atomic E-state index is 0.0615. The first-order chi connectivity index (χ1) is 13.9. The van der Waals surface area contributed by atoms with Gasteiger partial charge in [0, 0.05) is 12.2 Å². The lowest BCUT2D eigenvalue weighted by Crippen LogP contribution is -2.48. The Morgan fingerprint density at radius 2 is 1.76 bits per heavy atom. The van der Waals surface area contributed by atoms with Crippen LogP contribution in [-0.4, -0.2) is 48.9 Å². The van der Waals surface area contributed by atoms with Crippen molar-refractivity contribution in [1.82, 2.24) is 4.31 Å². The number of rotatable bonds is 6. The lowest BCUT2D eigenvalue weighted by molar-refractivity contribution is -0.152. The Morgan fingerprint density at radius 3 is 2.45 bits per heavy atom. The maximum atomic E-state index is 12.9. The average molecular weight is 418 g/mol. The summed E-state index contributed by atoms with van der Waals surface area (Å²) in [5.41, 5.74) is 0.440. The Hall–Kier alpha value is -2.91. The number of nitrogens with one attached hydrogen (secondary N) is 1. The van der Waals surface area contributed by atoms with Crippen molar-refractivity contribution < 1.29 is 27.9 Å². The lowest BCUT2D eigenvalue weighted by atomic mass is 10.1. The number of piperidine rings is 1. The minimum Gasteiger partial charge on any atom is -0.508 e. The van der Waals surface area contributed by atoms with Gasteiger partial charge in [-0.15, -0.1) is 0 Å². The quantitative estimate of drug-likeness (QED) is 0.549. The number of carbonyl (C=O) groups excluding carboxylic acids is 2. The molecule has 0 aliphatic carbocycles. The Labute approximate surface area is 169 Å². The van der Waals surface area contributed by atoms with Crippen molar-refractivity contribution in [2.24, 2.45) is 0 Å². The van der Waals surface area contributed by atoms with E-state index in [4.69, 9.17) is 4.74 Å². The molecule has 29 heavy (non-hydrogen) atoms. The standard InChI is InChI=1S/C20H22N2O6S/c23-16-11-9-15(10-12-16)21-19(24)14-28-20(25)18-8-4-5-13-22(18)29(26,27)17-6-2-1-3-7-17/h1-3,6-7,9-12,18,23H,4-5,8,13-14H2,(H,21,24). The van der Waals surface area contributed by atoms with Gasteiger partial charge in [-0.2, -0.15) is 4.31 Å². The summed E-state index contributed by atoms with van der Waals surface area (Å²) in [5.74, 6) is -1.24.